The molecule has 2 N–H and O–H groups in total. The third-order valence-corrected chi connectivity index (χ3v) is 4.53. The number of hydrogen-bond donors (Lipinski definition) is 2. The first-order valence-corrected chi connectivity index (χ1v) is 8.54. The van der Waals surface area contributed by atoms with Gasteiger partial charge in [0.2, 0.25) is 5.52 Å². The van der Waals surface area contributed by atoms with Gasteiger partial charge in [0.05, 0.1) is 10.6 Å². The van der Waals surface area contributed by atoms with Crippen LogP contribution in [0.1, 0.15) is 26.7 Å². The second-order valence-electron chi connectivity index (χ2n) is 6.87. The molecule has 1 fully saturated rings. The molecule has 1 aromatic carbocycles. The fourth-order valence-corrected chi connectivity index (χ4v) is 3.64. The molecule has 9 heteroatoms. The van der Waals surface area contributed by atoms with Gasteiger partial charge in [0.25, 0.3) is 0 Å². The molecule has 2 unspecified atom stereocenters. The third kappa shape index (κ3) is 3.51. The SMILES string of the molecule is CC1CC(C)CN(c2cc(NCCCO)c([N+](=O)[O-])c3nonc23)C1. The summed E-state index contributed by atoms with van der Waals surface area (Å²) in [6, 6.07) is 1.76. The van der Waals surface area contributed by atoms with Gasteiger partial charge in [0.15, 0.2) is 5.52 Å². The highest BCUT2D eigenvalue weighted by Crippen LogP contribution is 2.40. The van der Waals surface area contributed by atoms with Gasteiger partial charge >= 0.3 is 5.69 Å². The maximum atomic E-state index is 11.6. The van der Waals surface area contributed by atoms with Crippen molar-refractivity contribution in [3.8, 4) is 0 Å². The fourth-order valence-electron chi connectivity index (χ4n) is 3.64. The summed E-state index contributed by atoms with van der Waals surface area (Å²) in [6.45, 7) is 6.57. The number of fused-ring (bicyclic) bond motifs is 1. The predicted molar refractivity (Wildman–Crippen MR) is 93.8 cm³/mol. The Morgan fingerprint density at radius 2 is 2.04 bits per heavy atom. The van der Waals surface area contributed by atoms with E-state index in [2.05, 4.69) is 34.4 Å². The zero-order chi connectivity index (χ0) is 18.0. The van der Waals surface area contributed by atoms with Gasteiger partial charge in [-0.3, -0.25) is 10.1 Å². The van der Waals surface area contributed by atoms with E-state index in [9.17, 15) is 10.1 Å². The van der Waals surface area contributed by atoms with Crippen LogP contribution < -0.4 is 10.2 Å². The first-order chi connectivity index (χ1) is 12.0. The van der Waals surface area contributed by atoms with Gasteiger partial charge in [-0.15, -0.1) is 0 Å². The number of hydrogen-bond acceptors (Lipinski definition) is 8. The zero-order valence-electron chi connectivity index (χ0n) is 14.4. The molecule has 0 spiro atoms. The van der Waals surface area contributed by atoms with Crippen LogP contribution in [0.4, 0.5) is 17.1 Å². The second-order valence-corrected chi connectivity index (χ2v) is 6.87. The van der Waals surface area contributed by atoms with Crippen molar-refractivity contribution in [1.29, 1.82) is 0 Å². The smallest absolute Gasteiger partial charge is 0.323 e. The third-order valence-electron chi connectivity index (χ3n) is 4.53. The van der Waals surface area contributed by atoms with Gasteiger partial charge in [-0.2, -0.15) is 0 Å². The number of aliphatic hydroxyl groups excluding tert-OH is 1. The topological polar surface area (TPSA) is 118 Å². The maximum Gasteiger partial charge on any atom is 0.323 e. The molecule has 2 atom stereocenters. The Bertz CT molecular complexity index is 752. The monoisotopic (exact) mass is 349 g/mol. The summed E-state index contributed by atoms with van der Waals surface area (Å²) >= 11 is 0. The fraction of sp³-hybridized carbons (Fsp3) is 0.625. The van der Waals surface area contributed by atoms with Crippen LogP contribution >= 0.6 is 0 Å². The van der Waals surface area contributed by atoms with Crippen molar-refractivity contribution >= 4 is 28.1 Å². The molecule has 25 heavy (non-hydrogen) atoms. The summed E-state index contributed by atoms with van der Waals surface area (Å²) in [5.41, 5.74) is 1.60. The molecule has 1 aliphatic heterocycles. The van der Waals surface area contributed by atoms with E-state index in [1.807, 2.05) is 0 Å². The molecular weight excluding hydrogens is 326 g/mol. The Balaban J connectivity index is 2.07. The number of benzene rings is 1. The standard InChI is InChI=1S/C16H23N5O4/c1-10-6-11(2)9-20(8-10)13-7-12(17-4-3-5-22)16(21(23)24)15-14(13)18-25-19-15/h7,10-11,17,22H,3-6,8-9H2,1-2H3. The van der Waals surface area contributed by atoms with E-state index in [1.165, 1.54) is 0 Å². The van der Waals surface area contributed by atoms with Crippen LogP contribution in [0.25, 0.3) is 11.0 Å². The molecule has 1 saturated heterocycles. The molecule has 2 aromatic rings. The molecule has 0 amide bonds. The lowest BCUT2D eigenvalue weighted by atomic mass is 9.91. The van der Waals surface area contributed by atoms with Gasteiger partial charge in [-0.05, 0) is 41.1 Å². The van der Waals surface area contributed by atoms with Crippen molar-refractivity contribution in [2.75, 3.05) is 36.5 Å². The number of anilines is 2. The van der Waals surface area contributed by atoms with Gasteiger partial charge in [0, 0.05) is 26.2 Å². The lowest BCUT2D eigenvalue weighted by Crippen LogP contribution is -2.38. The number of nitrogens with zero attached hydrogens (tertiary/aromatic N) is 4. The second kappa shape index (κ2) is 7.22. The van der Waals surface area contributed by atoms with Crippen LogP contribution in [-0.4, -0.2) is 46.6 Å². The van der Waals surface area contributed by atoms with Crippen LogP contribution in [0.5, 0.6) is 0 Å². The molecular formula is C16H23N5O4. The van der Waals surface area contributed by atoms with E-state index >= 15 is 0 Å². The van der Waals surface area contributed by atoms with Gasteiger partial charge in [0.1, 0.15) is 5.69 Å². The van der Waals surface area contributed by atoms with Crippen molar-refractivity contribution in [2.45, 2.75) is 26.7 Å². The van der Waals surface area contributed by atoms with Gasteiger partial charge in [-0.25, -0.2) is 4.63 Å². The minimum Gasteiger partial charge on any atom is -0.396 e. The van der Waals surface area contributed by atoms with Crippen molar-refractivity contribution in [2.24, 2.45) is 11.8 Å². The van der Waals surface area contributed by atoms with Gasteiger partial charge in [-0.1, -0.05) is 13.8 Å². The van der Waals surface area contributed by atoms with E-state index in [4.69, 9.17) is 9.74 Å². The number of nitro groups is 1. The highest BCUT2D eigenvalue weighted by atomic mass is 16.6. The minimum atomic E-state index is -0.473. The summed E-state index contributed by atoms with van der Waals surface area (Å²) < 4.78 is 4.82. The minimum absolute atomic E-state index is 0.0164. The molecule has 9 nitrogen and oxygen atoms in total. The van der Waals surface area contributed by atoms with E-state index in [0.29, 0.717) is 36.0 Å². The van der Waals surface area contributed by atoms with E-state index in [1.54, 1.807) is 6.07 Å². The molecule has 0 aliphatic carbocycles. The van der Waals surface area contributed by atoms with Crippen molar-refractivity contribution < 1.29 is 14.7 Å². The Morgan fingerprint density at radius 3 is 2.68 bits per heavy atom. The Labute approximate surface area is 145 Å². The summed E-state index contributed by atoms with van der Waals surface area (Å²) in [7, 11) is 0. The lowest BCUT2D eigenvalue weighted by molar-refractivity contribution is -0.382. The molecule has 0 radical (unpaired) electrons. The van der Waals surface area contributed by atoms with Crippen molar-refractivity contribution in [3.05, 3.63) is 16.2 Å². The van der Waals surface area contributed by atoms with Crippen LogP contribution in [0.15, 0.2) is 10.7 Å². The summed E-state index contributed by atoms with van der Waals surface area (Å²) in [4.78, 5) is 13.3. The number of nitrogens with one attached hydrogen (secondary N) is 1. The lowest BCUT2D eigenvalue weighted by Gasteiger charge is -2.36. The summed E-state index contributed by atoms with van der Waals surface area (Å²) in [6.07, 6.45) is 1.66. The molecule has 3 rings (SSSR count). The van der Waals surface area contributed by atoms with E-state index < -0.39 is 4.92 Å². The highest BCUT2D eigenvalue weighted by molar-refractivity contribution is 5.99. The highest BCUT2D eigenvalue weighted by Gasteiger charge is 2.30. The number of piperidine rings is 1. The molecule has 0 bridgehead atoms. The van der Waals surface area contributed by atoms with Crippen LogP contribution in [0.2, 0.25) is 0 Å². The number of aliphatic hydroxyl groups is 1. The quantitative estimate of drug-likeness (QED) is 0.464. The number of aromatic nitrogens is 2. The van der Waals surface area contributed by atoms with Crippen molar-refractivity contribution in [3.63, 3.8) is 0 Å². The Morgan fingerprint density at radius 1 is 1.36 bits per heavy atom. The predicted octanol–water partition coefficient (Wildman–Crippen LogP) is 2.41. The van der Waals surface area contributed by atoms with Crippen LogP contribution in [0.3, 0.4) is 0 Å². The normalized spacial score (nSPS) is 20.8. The van der Waals surface area contributed by atoms with Crippen molar-refractivity contribution in [1.82, 2.24) is 10.3 Å². The van der Waals surface area contributed by atoms with Crippen LogP contribution in [0, 0.1) is 22.0 Å². The average molecular weight is 349 g/mol. The largest absolute Gasteiger partial charge is 0.396 e. The van der Waals surface area contributed by atoms with Crippen LogP contribution in [-0.2, 0) is 0 Å². The molecule has 0 saturated carbocycles. The average Bonchev–Trinajstić information content (AvgIpc) is 3.02. The van der Waals surface area contributed by atoms with Gasteiger partial charge < -0.3 is 15.3 Å². The first kappa shape index (κ1) is 17.4. The Hall–Kier alpha value is -2.42. The summed E-state index contributed by atoms with van der Waals surface area (Å²) in [5.74, 6) is 1.05. The van der Waals surface area contributed by atoms with E-state index in [-0.39, 0.29) is 17.8 Å². The first-order valence-electron chi connectivity index (χ1n) is 8.54. The molecule has 1 aliphatic rings. The zero-order valence-corrected chi connectivity index (χ0v) is 14.4. The molecule has 1 aromatic heterocycles. The Kier molecular flexibility index (Phi) is 5.03. The van der Waals surface area contributed by atoms with E-state index in [0.717, 1.165) is 25.2 Å². The molecule has 2 heterocycles. The molecule has 136 valence electrons. The number of nitro benzene ring substituents is 1. The number of rotatable bonds is 6. The maximum absolute atomic E-state index is 11.6. The summed E-state index contributed by atoms with van der Waals surface area (Å²) in [5, 5.41) is 31.3.